The lowest BCUT2D eigenvalue weighted by atomic mass is 10.0. The summed E-state index contributed by atoms with van der Waals surface area (Å²) in [5.74, 6) is 0. The van der Waals surface area contributed by atoms with E-state index in [1.807, 2.05) is 86.6 Å². The van der Waals surface area contributed by atoms with Crippen molar-refractivity contribution in [3.8, 4) is 6.07 Å². The molecule has 0 amide bonds. The SMILES string of the molecule is [C-]#[N+]c1cc(/C=C/c2ccc(N(C)C)cc2)c(C#N)cc1/C=C/c1ccc(N(C)C)cc1. The Bertz CT molecular complexity index is 1120. The Labute approximate surface area is 190 Å². The van der Waals surface area contributed by atoms with Crippen LogP contribution in [0, 0.1) is 17.9 Å². The van der Waals surface area contributed by atoms with Crippen molar-refractivity contribution < 1.29 is 0 Å². The number of benzene rings is 3. The summed E-state index contributed by atoms with van der Waals surface area (Å²) in [4.78, 5) is 7.78. The van der Waals surface area contributed by atoms with Crippen LogP contribution in [0.25, 0.3) is 29.1 Å². The van der Waals surface area contributed by atoms with Crippen LogP contribution in [0.5, 0.6) is 0 Å². The summed E-state index contributed by atoms with van der Waals surface area (Å²) >= 11 is 0. The van der Waals surface area contributed by atoms with E-state index in [2.05, 4.69) is 35.2 Å². The molecule has 3 rings (SSSR count). The first-order chi connectivity index (χ1) is 15.4. The van der Waals surface area contributed by atoms with Crippen molar-refractivity contribution in [2.45, 2.75) is 0 Å². The van der Waals surface area contributed by atoms with E-state index in [1.165, 1.54) is 0 Å². The molecular weight excluding hydrogens is 392 g/mol. The smallest absolute Gasteiger partial charge is 0.194 e. The molecule has 0 N–H and O–H groups in total. The van der Waals surface area contributed by atoms with Gasteiger partial charge in [-0.15, -0.1) is 0 Å². The van der Waals surface area contributed by atoms with Gasteiger partial charge in [-0.3, -0.25) is 0 Å². The van der Waals surface area contributed by atoms with Crippen LogP contribution in [-0.2, 0) is 0 Å². The Hall–Kier alpha value is -4.28. The molecular formula is C28H26N4. The van der Waals surface area contributed by atoms with Crippen LogP contribution in [0.2, 0.25) is 0 Å². The predicted molar refractivity (Wildman–Crippen MR) is 137 cm³/mol. The third-order valence-electron chi connectivity index (χ3n) is 5.17. The zero-order valence-corrected chi connectivity index (χ0v) is 18.9. The van der Waals surface area contributed by atoms with Gasteiger partial charge in [-0.2, -0.15) is 5.26 Å². The Kier molecular flexibility index (Phi) is 7.11. The number of nitrogens with zero attached hydrogens (tertiary/aromatic N) is 4. The average Bonchev–Trinajstić information content (AvgIpc) is 2.81. The fourth-order valence-electron chi connectivity index (χ4n) is 3.23. The van der Waals surface area contributed by atoms with E-state index in [-0.39, 0.29) is 0 Å². The van der Waals surface area contributed by atoms with Gasteiger partial charge in [0.1, 0.15) is 0 Å². The molecule has 0 spiro atoms. The lowest BCUT2D eigenvalue weighted by Crippen LogP contribution is -2.07. The van der Waals surface area contributed by atoms with Crippen LogP contribution in [0.1, 0.15) is 27.8 Å². The molecule has 3 aromatic rings. The van der Waals surface area contributed by atoms with E-state index in [4.69, 9.17) is 6.57 Å². The molecule has 0 heterocycles. The minimum Gasteiger partial charge on any atom is -0.378 e. The minimum atomic E-state index is 0.521. The number of nitriles is 1. The van der Waals surface area contributed by atoms with Gasteiger partial charge in [0.05, 0.1) is 18.2 Å². The van der Waals surface area contributed by atoms with Crippen molar-refractivity contribution in [1.82, 2.24) is 0 Å². The summed E-state index contributed by atoms with van der Waals surface area (Å²) in [6.45, 7) is 7.60. The van der Waals surface area contributed by atoms with Gasteiger partial charge in [-0.1, -0.05) is 48.6 Å². The van der Waals surface area contributed by atoms with E-state index < -0.39 is 0 Å². The molecule has 0 saturated carbocycles. The first kappa shape index (κ1) is 22.4. The molecule has 158 valence electrons. The predicted octanol–water partition coefficient (Wildman–Crippen LogP) is 6.58. The average molecular weight is 419 g/mol. The van der Waals surface area contributed by atoms with Gasteiger partial charge < -0.3 is 9.80 Å². The molecule has 0 unspecified atom stereocenters. The molecule has 0 aromatic heterocycles. The Morgan fingerprint density at radius 3 is 1.59 bits per heavy atom. The van der Waals surface area contributed by atoms with E-state index in [0.717, 1.165) is 33.6 Å². The molecule has 0 aliphatic carbocycles. The van der Waals surface area contributed by atoms with E-state index >= 15 is 0 Å². The summed E-state index contributed by atoms with van der Waals surface area (Å²) in [7, 11) is 8.02. The standard InChI is InChI=1S/C28H26N4/c1-30-28-19-23(12-6-21-8-14-26(15-9-21)31(2)3)25(20-29)18-24(28)13-7-22-10-16-27(17-11-22)32(4)5/h6-19H,2-5H3/b12-6+,13-7+. The van der Waals surface area contributed by atoms with Crippen molar-refractivity contribution in [1.29, 1.82) is 5.26 Å². The highest BCUT2D eigenvalue weighted by atomic mass is 15.1. The first-order valence-corrected chi connectivity index (χ1v) is 10.3. The second kappa shape index (κ2) is 10.2. The molecule has 32 heavy (non-hydrogen) atoms. The fraction of sp³-hybridized carbons (Fsp3) is 0.143. The van der Waals surface area contributed by atoms with Crippen LogP contribution in [-0.4, -0.2) is 28.2 Å². The second-order valence-corrected chi connectivity index (χ2v) is 7.86. The summed E-state index contributed by atoms with van der Waals surface area (Å²) < 4.78 is 0. The number of rotatable bonds is 6. The van der Waals surface area contributed by atoms with Crippen molar-refractivity contribution in [3.63, 3.8) is 0 Å². The largest absolute Gasteiger partial charge is 0.378 e. The zero-order chi connectivity index (χ0) is 23.1. The Morgan fingerprint density at radius 1 is 0.719 bits per heavy atom. The topological polar surface area (TPSA) is 34.6 Å². The van der Waals surface area contributed by atoms with Gasteiger partial charge in [0.25, 0.3) is 0 Å². The normalized spacial score (nSPS) is 10.8. The molecule has 4 heteroatoms. The van der Waals surface area contributed by atoms with Gasteiger partial charge in [0, 0.05) is 39.6 Å². The molecule has 0 radical (unpaired) electrons. The Balaban J connectivity index is 1.87. The maximum absolute atomic E-state index is 9.67. The zero-order valence-electron chi connectivity index (χ0n) is 18.9. The van der Waals surface area contributed by atoms with E-state index in [0.29, 0.717) is 11.3 Å². The summed E-state index contributed by atoms with van der Waals surface area (Å²) in [6, 6.07) is 22.2. The van der Waals surface area contributed by atoms with Gasteiger partial charge in [-0.25, -0.2) is 4.85 Å². The summed E-state index contributed by atoms with van der Waals surface area (Å²) in [5.41, 5.74) is 6.87. The molecule has 0 aliphatic heterocycles. The van der Waals surface area contributed by atoms with E-state index in [9.17, 15) is 5.26 Å². The van der Waals surface area contributed by atoms with Crippen LogP contribution >= 0.6 is 0 Å². The number of hydrogen-bond donors (Lipinski definition) is 0. The monoisotopic (exact) mass is 418 g/mol. The maximum Gasteiger partial charge on any atom is 0.194 e. The first-order valence-electron chi connectivity index (χ1n) is 10.3. The van der Waals surface area contributed by atoms with Gasteiger partial charge in [0.15, 0.2) is 5.69 Å². The fourth-order valence-corrected chi connectivity index (χ4v) is 3.23. The second-order valence-electron chi connectivity index (χ2n) is 7.86. The Morgan fingerprint density at radius 2 is 1.19 bits per heavy atom. The molecule has 0 bridgehead atoms. The molecule has 0 saturated heterocycles. The molecule has 3 aromatic carbocycles. The highest BCUT2D eigenvalue weighted by Crippen LogP contribution is 2.28. The third kappa shape index (κ3) is 5.45. The lowest BCUT2D eigenvalue weighted by Gasteiger charge is -2.12. The number of anilines is 2. The summed E-state index contributed by atoms with van der Waals surface area (Å²) in [6.07, 6.45) is 7.72. The third-order valence-corrected chi connectivity index (χ3v) is 5.17. The molecule has 4 nitrogen and oxygen atoms in total. The van der Waals surface area contributed by atoms with Crippen LogP contribution in [0.3, 0.4) is 0 Å². The van der Waals surface area contributed by atoms with Crippen LogP contribution in [0.4, 0.5) is 17.1 Å². The van der Waals surface area contributed by atoms with Crippen LogP contribution < -0.4 is 9.80 Å². The quantitative estimate of drug-likeness (QED) is 0.335. The van der Waals surface area contributed by atoms with Gasteiger partial charge in [0.2, 0.25) is 0 Å². The van der Waals surface area contributed by atoms with Crippen molar-refractivity contribution in [2.75, 3.05) is 38.0 Å². The van der Waals surface area contributed by atoms with Crippen molar-refractivity contribution in [2.24, 2.45) is 0 Å². The van der Waals surface area contributed by atoms with Crippen LogP contribution in [0.15, 0.2) is 60.7 Å². The molecule has 0 atom stereocenters. The molecule has 0 aliphatic rings. The van der Waals surface area contributed by atoms with Crippen molar-refractivity contribution in [3.05, 3.63) is 99.9 Å². The van der Waals surface area contributed by atoms with Gasteiger partial charge in [-0.05, 0) is 58.7 Å². The lowest BCUT2D eigenvalue weighted by molar-refractivity contribution is 1.13. The van der Waals surface area contributed by atoms with E-state index in [1.54, 1.807) is 12.1 Å². The maximum atomic E-state index is 9.67. The minimum absolute atomic E-state index is 0.521. The highest BCUT2D eigenvalue weighted by molar-refractivity contribution is 5.83. The number of hydrogen-bond acceptors (Lipinski definition) is 3. The molecule has 0 fully saturated rings. The van der Waals surface area contributed by atoms with Gasteiger partial charge >= 0.3 is 0 Å². The van der Waals surface area contributed by atoms with Crippen molar-refractivity contribution >= 4 is 41.4 Å². The summed E-state index contributed by atoms with van der Waals surface area (Å²) in [5, 5.41) is 9.67. The highest BCUT2D eigenvalue weighted by Gasteiger charge is 2.07.